The molecule has 9 heteroatoms. The van der Waals surface area contributed by atoms with Crippen molar-refractivity contribution in [3.63, 3.8) is 0 Å². The first-order valence-corrected chi connectivity index (χ1v) is 11.7. The highest BCUT2D eigenvalue weighted by molar-refractivity contribution is 7.88. The van der Waals surface area contributed by atoms with Crippen molar-refractivity contribution in [2.24, 2.45) is 7.05 Å². The third kappa shape index (κ3) is 4.24. The van der Waals surface area contributed by atoms with Crippen LogP contribution in [-0.4, -0.2) is 41.2 Å². The lowest BCUT2D eigenvalue weighted by Crippen LogP contribution is -2.36. The van der Waals surface area contributed by atoms with E-state index in [0.29, 0.717) is 24.3 Å². The van der Waals surface area contributed by atoms with Crippen LogP contribution in [0, 0.1) is 5.82 Å². The molecule has 1 amide bonds. The van der Waals surface area contributed by atoms with E-state index in [1.807, 2.05) is 13.1 Å². The van der Waals surface area contributed by atoms with E-state index in [9.17, 15) is 17.6 Å². The molecule has 0 atom stereocenters. The number of fused-ring (bicyclic) bond motifs is 1. The molecule has 0 saturated carbocycles. The molecule has 0 spiro atoms. The van der Waals surface area contributed by atoms with Gasteiger partial charge < -0.3 is 4.90 Å². The molecule has 0 N–H and O–H groups in total. The monoisotopic (exact) mass is 442 g/mol. The molecule has 3 aromatic rings. The molecule has 31 heavy (non-hydrogen) atoms. The molecule has 0 unspecified atom stereocenters. The molecule has 0 saturated heterocycles. The fourth-order valence-electron chi connectivity index (χ4n) is 3.87. The maximum atomic E-state index is 14.4. The van der Waals surface area contributed by atoms with E-state index in [2.05, 4.69) is 5.10 Å². The number of hydrogen-bond donors (Lipinski definition) is 0. The van der Waals surface area contributed by atoms with Gasteiger partial charge in [-0.25, -0.2) is 12.8 Å². The van der Waals surface area contributed by atoms with Crippen LogP contribution in [0.4, 0.5) is 10.1 Å². The number of benzene rings is 2. The quantitative estimate of drug-likeness (QED) is 0.609. The number of rotatable bonds is 5. The molecule has 2 aromatic carbocycles. The van der Waals surface area contributed by atoms with Crippen LogP contribution >= 0.6 is 0 Å². The minimum atomic E-state index is -3.36. The van der Waals surface area contributed by atoms with Crippen LogP contribution < -0.4 is 4.90 Å². The van der Waals surface area contributed by atoms with E-state index < -0.39 is 21.7 Å². The molecule has 0 aliphatic carbocycles. The Hall–Kier alpha value is -3.04. The molecular weight excluding hydrogens is 419 g/mol. The Bertz CT molecular complexity index is 1220. The summed E-state index contributed by atoms with van der Waals surface area (Å²) in [5, 5.41) is 4.58. The molecule has 0 bridgehead atoms. The number of sulfonamides is 1. The summed E-state index contributed by atoms with van der Waals surface area (Å²) in [6, 6.07) is 14.8. The van der Waals surface area contributed by atoms with Gasteiger partial charge in [0.1, 0.15) is 5.82 Å². The Morgan fingerprint density at radius 3 is 2.48 bits per heavy atom. The van der Waals surface area contributed by atoms with Gasteiger partial charge in [0, 0.05) is 43.5 Å². The summed E-state index contributed by atoms with van der Waals surface area (Å²) in [7, 11) is -1.55. The van der Waals surface area contributed by atoms with Crippen LogP contribution in [0.3, 0.4) is 0 Å². The normalized spacial score (nSPS) is 14.3. The number of anilines is 1. The number of carbonyl (C=O) groups is 1. The molecule has 2 heterocycles. The summed E-state index contributed by atoms with van der Waals surface area (Å²) < 4.78 is 41.7. The number of aryl methyl sites for hydroxylation is 1. The fourth-order valence-corrected chi connectivity index (χ4v) is 4.66. The predicted molar refractivity (Wildman–Crippen MR) is 116 cm³/mol. The number of carbonyl (C=O) groups excluding carboxylic acids is 1. The summed E-state index contributed by atoms with van der Waals surface area (Å²) in [5.74, 6) is -1.08. The summed E-state index contributed by atoms with van der Waals surface area (Å²) >= 11 is 0. The minimum Gasteiger partial charge on any atom is -0.302 e. The van der Waals surface area contributed by atoms with Gasteiger partial charge in [-0.1, -0.05) is 30.3 Å². The van der Waals surface area contributed by atoms with Crippen molar-refractivity contribution in [2.75, 3.05) is 17.7 Å². The van der Waals surface area contributed by atoms with E-state index in [1.54, 1.807) is 35.0 Å². The lowest BCUT2D eigenvalue weighted by molar-refractivity contribution is 0.0980. The molecule has 7 nitrogen and oxygen atoms in total. The average molecular weight is 443 g/mol. The first-order valence-electron chi connectivity index (χ1n) is 9.86. The van der Waals surface area contributed by atoms with Crippen LogP contribution in [0.5, 0.6) is 0 Å². The Morgan fingerprint density at radius 2 is 1.81 bits per heavy atom. The van der Waals surface area contributed by atoms with Gasteiger partial charge in [-0.3, -0.25) is 9.48 Å². The summed E-state index contributed by atoms with van der Waals surface area (Å²) in [5.41, 5.74) is 2.90. The molecule has 4 rings (SSSR count). The Labute approximate surface area is 180 Å². The zero-order valence-corrected chi connectivity index (χ0v) is 18.1. The van der Waals surface area contributed by atoms with Crippen molar-refractivity contribution in [3.05, 3.63) is 82.9 Å². The van der Waals surface area contributed by atoms with Crippen LogP contribution in [0.2, 0.25) is 0 Å². The first-order chi connectivity index (χ1) is 14.8. The van der Waals surface area contributed by atoms with E-state index in [-0.39, 0.29) is 18.7 Å². The third-order valence-corrected chi connectivity index (χ3v) is 6.73. The van der Waals surface area contributed by atoms with Gasteiger partial charge in [-0.15, -0.1) is 0 Å². The number of para-hydroxylation sites is 1. The fraction of sp³-hybridized carbons (Fsp3) is 0.273. The van der Waals surface area contributed by atoms with Gasteiger partial charge in [-0.2, -0.15) is 9.40 Å². The van der Waals surface area contributed by atoms with Crippen molar-refractivity contribution in [1.29, 1.82) is 0 Å². The van der Waals surface area contributed by atoms with Crippen LogP contribution in [-0.2, 0) is 36.6 Å². The summed E-state index contributed by atoms with van der Waals surface area (Å²) in [4.78, 5) is 14.8. The van der Waals surface area contributed by atoms with Crippen molar-refractivity contribution < 1.29 is 17.6 Å². The standard InChI is InChI=1S/C22H23FN4O3S/c1-25-21-12-13-26(31(2,29)30)14-18(21)20(24-25)15-27(16-8-4-3-5-9-16)22(28)17-10-6-7-11-19(17)23/h3-11H,12-15H2,1-2H3. The number of amides is 1. The molecule has 1 aliphatic rings. The molecule has 162 valence electrons. The van der Waals surface area contributed by atoms with Crippen molar-refractivity contribution in [3.8, 4) is 0 Å². The second-order valence-electron chi connectivity index (χ2n) is 7.55. The third-order valence-electron chi connectivity index (χ3n) is 5.48. The maximum absolute atomic E-state index is 14.4. The Morgan fingerprint density at radius 1 is 1.13 bits per heavy atom. The van der Waals surface area contributed by atoms with Gasteiger partial charge >= 0.3 is 0 Å². The molecule has 0 radical (unpaired) electrons. The van der Waals surface area contributed by atoms with Gasteiger partial charge in [0.15, 0.2) is 0 Å². The van der Waals surface area contributed by atoms with Gasteiger partial charge in [-0.05, 0) is 24.3 Å². The van der Waals surface area contributed by atoms with E-state index in [4.69, 9.17) is 0 Å². The van der Waals surface area contributed by atoms with Crippen molar-refractivity contribution in [1.82, 2.24) is 14.1 Å². The first kappa shape index (κ1) is 21.2. The molecule has 1 aliphatic heterocycles. The number of hydrogen-bond acceptors (Lipinski definition) is 4. The SMILES string of the molecule is Cn1nc(CN(C(=O)c2ccccc2F)c2ccccc2)c2c1CCN(S(C)(=O)=O)C2. The lowest BCUT2D eigenvalue weighted by Gasteiger charge is -2.27. The highest BCUT2D eigenvalue weighted by Gasteiger charge is 2.30. The summed E-state index contributed by atoms with van der Waals surface area (Å²) in [6.45, 7) is 0.688. The van der Waals surface area contributed by atoms with Gasteiger partial charge in [0.05, 0.1) is 24.1 Å². The summed E-state index contributed by atoms with van der Waals surface area (Å²) in [6.07, 6.45) is 1.73. The molecule has 0 fully saturated rings. The molecular formula is C22H23FN4O3S. The van der Waals surface area contributed by atoms with Crippen LogP contribution in [0.1, 0.15) is 27.3 Å². The maximum Gasteiger partial charge on any atom is 0.261 e. The van der Waals surface area contributed by atoms with Crippen molar-refractivity contribution >= 4 is 21.6 Å². The zero-order valence-electron chi connectivity index (χ0n) is 17.3. The average Bonchev–Trinajstić information content (AvgIpc) is 3.07. The minimum absolute atomic E-state index is 0.0334. The van der Waals surface area contributed by atoms with E-state index in [1.165, 1.54) is 33.7 Å². The van der Waals surface area contributed by atoms with Crippen LogP contribution in [0.15, 0.2) is 54.6 Å². The Balaban J connectivity index is 1.74. The lowest BCUT2D eigenvalue weighted by atomic mass is 10.1. The number of halogens is 1. The van der Waals surface area contributed by atoms with Crippen LogP contribution in [0.25, 0.3) is 0 Å². The van der Waals surface area contributed by atoms with E-state index >= 15 is 0 Å². The second-order valence-corrected chi connectivity index (χ2v) is 9.53. The van der Waals surface area contributed by atoms with Crippen molar-refractivity contribution in [2.45, 2.75) is 19.5 Å². The predicted octanol–water partition coefficient (Wildman–Crippen LogP) is 2.72. The van der Waals surface area contributed by atoms with Gasteiger partial charge in [0.2, 0.25) is 10.0 Å². The van der Waals surface area contributed by atoms with Gasteiger partial charge in [0.25, 0.3) is 5.91 Å². The number of nitrogens with zero attached hydrogens (tertiary/aromatic N) is 4. The zero-order chi connectivity index (χ0) is 22.2. The number of aromatic nitrogens is 2. The van der Waals surface area contributed by atoms with E-state index in [0.717, 1.165) is 11.3 Å². The highest BCUT2D eigenvalue weighted by Crippen LogP contribution is 2.27. The molecule has 1 aromatic heterocycles. The topological polar surface area (TPSA) is 75.5 Å². The smallest absolute Gasteiger partial charge is 0.261 e. The largest absolute Gasteiger partial charge is 0.302 e. The Kier molecular flexibility index (Phi) is 5.63. The highest BCUT2D eigenvalue weighted by atomic mass is 32.2. The second kappa shape index (κ2) is 8.24.